The normalized spacial score (nSPS) is 18.4. The zero-order chi connectivity index (χ0) is 29.1. The van der Waals surface area contributed by atoms with Gasteiger partial charge in [-0.2, -0.15) is 0 Å². The summed E-state index contributed by atoms with van der Waals surface area (Å²) >= 11 is 0. The molecule has 9 heteroatoms. The second-order valence-corrected chi connectivity index (χ2v) is 9.91. The first kappa shape index (κ1) is 27.9. The summed E-state index contributed by atoms with van der Waals surface area (Å²) in [5.41, 5.74) is 3.57. The predicted octanol–water partition coefficient (Wildman–Crippen LogP) is 5.42. The molecule has 0 bridgehead atoms. The van der Waals surface area contributed by atoms with Crippen molar-refractivity contribution in [3.05, 3.63) is 94.2 Å². The first-order valence-electron chi connectivity index (χ1n) is 13.3. The molecule has 9 nitrogen and oxygen atoms in total. The van der Waals surface area contributed by atoms with Crippen molar-refractivity contribution in [3.8, 4) is 23.0 Å². The van der Waals surface area contributed by atoms with E-state index >= 15 is 0 Å². The number of ether oxygens (including phenoxy) is 5. The van der Waals surface area contributed by atoms with Crippen LogP contribution in [-0.2, 0) is 20.9 Å². The molecular formula is C32H33NO8. The summed E-state index contributed by atoms with van der Waals surface area (Å²) in [6, 6.07) is 14.4. The molecule has 3 aromatic rings. The van der Waals surface area contributed by atoms with Crippen molar-refractivity contribution >= 4 is 11.8 Å². The summed E-state index contributed by atoms with van der Waals surface area (Å²) in [6.07, 6.45) is 2.40. The molecule has 0 unspecified atom stereocenters. The summed E-state index contributed by atoms with van der Waals surface area (Å²) in [6.45, 7) is 1.87. The van der Waals surface area contributed by atoms with Gasteiger partial charge in [-0.3, -0.25) is 4.79 Å². The molecule has 1 N–H and O–H groups in total. The summed E-state index contributed by atoms with van der Waals surface area (Å²) in [4.78, 5) is 27.7. The van der Waals surface area contributed by atoms with Crippen LogP contribution in [0.15, 0.2) is 81.8 Å². The lowest BCUT2D eigenvalue weighted by atomic mass is 9.72. The highest BCUT2D eigenvalue weighted by molar-refractivity contribution is 6.04. The van der Waals surface area contributed by atoms with Crippen molar-refractivity contribution < 1.29 is 37.7 Å². The van der Waals surface area contributed by atoms with Crippen LogP contribution < -0.4 is 24.3 Å². The minimum absolute atomic E-state index is 0.0514. The van der Waals surface area contributed by atoms with E-state index in [1.165, 1.54) is 21.3 Å². The van der Waals surface area contributed by atoms with E-state index in [2.05, 4.69) is 5.32 Å². The van der Waals surface area contributed by atoms with Gasteiger partial charge in [0.05, 0.1) is 46.2 Å². The fourth-order valence-electron chi connectivity index (χ4n) is 5.57. The number of Topliss-reactive ketones (excluding diaryl/α,β-unsaturated/α-hetero) is 1. The Morgan fingerprint density at radius 1 is 0.927 bits per heavy atom. The molecular weight excluding hydrogens is 526 g/mol. The van der Waals surface area contributed by atoms with Gasteiger partial charge < -0.3 is 33.4 Å². The Labute approximate surface area is 238 Å². The Hall–Kier alpha value is -4.66. The molecule has 2 atom stereocenters. The largest absolute Gasteiger partial charge is 0.497 e. The summed E-state index contributed by atoms with van der Waals surface area (Å²) in [5.74, 6) is 1.32. The van der Waals surface area contributed by atoms with Crippen LogP contribution in [0.2, 0.25) is 0 Å². The standard InChI is InChI=1S/C32H33NO8/c1-18-29(32(35)41-17-19-8-10-21(36-2)11-9-19)30(22-15-27(38-4)28(39-5)16-26(22)37-3)31-23(33-18)13-20(14-24(31)34)25-7-6-12-40-25/h6-12,15-16,20,30,33H,13-14,17H2,1-5H3/t20-,30-/m0/s1. The maximum Gasteiger partial charge on any atom is 0.337 e. The molecule has 0 saturated heterocycles. The van der Waals surface area contributed by atoms with Gasteiger partial charge in [-0.05, 0) is 49.2 Å². The van der Waals surface area contributed by atoms with Crippen LogP contribution >= 0.6 is 0 Å². The summed E-state index contributed by atoms with van der Waals surface area (Å²) in [7, 11) is 6.20. The highest BCUT2D eigenvalue weighted by Crippen LogP contribution is 2.50. The third-order valence-electron chi connectivity index (χ3n) is 7.57. The zero-order valence-electron chi connectivity index (χ0n) is 23.7. The van der Waals surface area contributed by atoms with Crippen LogP contribution in [0.25, 0.3) is 0 Å². The second-order valence-electron chi connectivity index (χ2n) is 9.91. The number of carbonyl (C=O) groups excluding carboxylic acids is 2. The number of benzene rings is 2. The van der Waals surface area contributed by atoms with Crippen LogP contribution in [0.1, 0.15) is 48.5 Å². The smallest absolute Gasteiger partial charge is 0.337 e. The number of allylic oxidation sites excluding steroid dienone is 3. The third-order valence-corrected chi connectivity index (χ3v) is 7.57. The van der Waals surface area contributed by atoms with Gasteiger partial charge in [0, 0.05) is 40.9 Å². The zero-order valence-corrected chi connectivity index (χ0v) is 23.7. The lowest BCUT2D eigenvalue weighted by Gasteiger charge is -2.36. The van der Waals surface area contributed by atoms with E-state index in [1.807, 2.05) is 31.2 Å². The number of esters is 1. The Balaban J connectivity index is 1.58. The minimum atomic E-state index is -0.755. The van der Waals surface area contributed by atoms with E-state index in [1.54, 1.807) is 37.6 Å². The monoisotopic (exact) mass is 559 g/mol. The van der Waals surface area contributed by atoms with Crippen molar-refractivity contribution in [2.24, 2.45) is 0 Å². The first-order valence-corrected chi connectivity index (χ1v) is 13.3. The molecule has 214 valence electrons. The van der Waals surface area contributed by atoms with E-state index < -0.39 is 11.9 Å². The predicted molar refractivity (Wildman–Crippen MR) is 150 cm³/mol. The van der Waals surface area contributed by atoms with Crippen molar-refractivity contribution in [1.29, 1.82) is 0 Å². The maximum atomic E-state index is 13.9. The highest BCUT2D eigenvalue weighted by Gasteiger charge is 2.43. The van der Waals surface area contributed by atoms with Crippen molar-refractivity contribution in [2.45, 2.75) is 38.2 Å². The van der Waals surface area contributed by atoms with Gasteiger partial charge >= 0.3 is 5.97 Å². The van der Waals surface area contributed by atoms with E-state index in [4.69, 9.17) is 28.1 Å². The van der Waals surface area contributed by atoms with Gasteiger partial charge in [-0.15, -0.1) is 0 Å². The number of carbonyl (C=O) groups is 2. The number of rotatable bonds is 9. The van der Waals surface area contributed by atoms with Crippen LogP contribution in [0.4, 0.5) is 0 Å². The Kier molecular flexibility index (Phi) is 8.05. The maximum absolute atomic E-state index is 13.9. The summed E-state index contributed by atoms with van der Waals surface area (Å²) < 4.78 is 33.5. The van der Waals surface area contributed by atoms with E-state index in [0.29, 0.717) is 51.8 Å². The highest BCUT2D eigenvalue weighted by atomic mass is 16.5. The SMILES string of the molecule is COc1ccc(COC(=O)C2=C(C)NC3=C(C(=O)C[C@@H](c4ccco4)C3)[C@H]2c2cc(OC)c(OC)cc2OC)cc1. The van der Waals surface area contributed by atoms with Gasteiger partial charge in [-0.25, -0.2) is 4.79 Å². The van der Waals surface area contributed by atoms with Crippen LogP contribution in [0.5, 0.6) is 23.0 Å². The number of methoxy groups -OCH3 is 4. The molecule has 1 aliphatic heterocycles. The fourth-order valence-corrected chi connectivity index (χ4v) is 5.57. The van der Waals surface area contributed by atoms with Gasteiger partial charge in [-0.1, -0.05) is 12.1 Å². The van der Waals surface area contributed by atoms with Crippen molar-refractivity contribution in [2.75, 3.05) is 28.4 Å². The molecule has 0 amide bonds. The number of furan rings is 1. The minimum Gasteiger partial charge on any atom is -0.497 e. The second kappa shape index (κ2) is 11.8. The number of dihydropyridines is 1. The number of hydrogen-bond donors (Lipinski definition) is 1. The van der Waals surface area contributed by atoms with Gasteiger partial charge in [0.25, 0.3) is 0 Å². The molecule has 41 heavy (non-hydrogen) atoms. The number of ketones is 1. The van der Waals surface area contributed by atoms with E-state index in [-0.39, 0.29) is 24.7 Å². The molecule has 0 spiro atoms. The fraction of sp³-hybridized carbons (Fsp3) is 0.312. The average Bonchev–Trinajstić information content (AvgIpc) is 3.54. The Morgan fingerprint density at radius 2 is 1.63 bits per heavy atom. The number of hydrogen-bond acceptors (Lipinski definition) is 9. The first-order chi connectivity index (χ1) is 19.9. The van der Waals surface area contributed by atoms with Gasteiger partial charge in [0.15, 0.2) is 17.3 Å². The lowest BCUT2D eigenvalue weighted by molar-refractivity contribution is -0.140. The molecule has 0 fully saturated rings. The quantitative estimate of drug-likeness (QED) is 0.344. The van der Waals surface area contributed by atoms with E-state index in [0.717, 1.165) is 17.0 Å². The molecule has 0 saturated carbocycles. The molecule has 2 heterocycles. The van der Waals surface area contributed by atoms with Crippen LogP contribution in [-0.4, -0.2) is 40.2 Å². The Morgan fingerprint density at radius 3 is 2.27 bits per heavy atom. The average molecular weight is 560 g/mol. The van der Waals surface area contributed by atoms with Crippen LogP contribution in [0, 0.1) is 0 Å². The topological polar surface area (TPSA) is 105 Å². The Bertz CT molecular complexity index is 1500. The lowest BCUT2D eigenvalue weighted by Crippen LogP contribution is -2.36. The molecule has 1 aromatic heterocycles. The van der Waals surface area contributed by atoms with Crippen molar-refractivity contribution in [3.63, 3.8) is 0 Å². The summed E-state index contributed by atoms with van der Waals surface area (Å²) in [5, 5.41) is 3.36. The number of nitrogens with one attached hydrogen (secondary N) is 1. The van der Waals surface area contributed by atoms with Crippen LogP contribution in [0.3, 0.4) is 0 Å². The molecule has 0 radical (unpaired) electrons. The van der Waals surface area contributed by atoms with Crippen molar-refractivity contribution in [1.82, 2.24) is 5.32 Å². The van der Waals surface area contributed by atoms with E-state index in [9.17, 15) is 9.59 Å². The van der Waals surface area contributed by atoms with Gasteiger partial charge in [0.2, 0.25) is 0 Å². The molecule has 1 aliphatic carbocycles. The van der Waals surface area contributed by atoms with Gasteiger partial charge in [0.1, 0.15) is 23.9 Å². The molecule has 2 aliphatic rings. The third kappa shape index (κ3) is 5.39. The molecule has 2 aromatic carbocycles. The molecule has 5 rings (SSSR count).